The van der Waals surface area contributed by atoms with Crippen molar-refractivity contribution in [1.82, 2.24) is 10.2 Å². The normalized spacial score (nSPS) is 13.1. The smallest absolute Gasteiger partial charge is 0.253 e. The number of nitrogens with one attached hydrogen (secondary N) is 2. The summed E-state index contributed by atoms with van der Waals surface area (Å²) in [6.07, 6.45) is 1.64. The van der Waals surface area contributed by atoms with Crippen LogP contribution in [0.15, 0.2) is 66.7 Å². The van der Waals surface area contributed by atoms with E-state index in [4.69, 9.17) is 5.73 Å². The molecule has 0 fully saturated rings. The monoisotopic (exact) mass is 596 g/mol. The summed E-state index contributed by atoms with van der Waals surface area (Å²) in [4.78, 5) is 41.1. The van der Waals surface area contributed by atoms with E-state index in [2.05, 4.69) is 10.6 Å². The van der Waals surface area contributed by atoms with Crippen molar-refractivity contribution in [3.05, 3.63) is 101 Å². The number of amides is 3. The molecule has 0 aliphatic rings. The van der Waals surface area contributed by atoms with E-state index in [-0.39, 0.29) is 35.8 Å². The standard InChI is InChI=1S/C33H39F3N4O3/c1-4-15-40(16-5-2)33(43)24-8-6-7-23(18-24)32(42)39-30(19-22-9-10-26(35)20-28(22)36)29(37)17-21(3)31(41)38-27-13-11-25(34)12-14-27/h6-14,18,20-21,29-30H,4-5,15-17,19,37H2,1-3H3,(H,38,41)(H,39,42)/t21-,29+,30+/m1/s1. The Morgan fingerprint density at radius 1 is 0.860 bits per heavy atom. The van der Waals surface area contributed by atoms with E-state index in [1.807, 2.05) is 13.8 Å². The van der Waals surface area contributed by atoms with Gasteiger partial charge in [0, 0.05) is 54.0 Å². The van der Waals surface area contributed by atoms with E-state index in [1.165, 1.54) is 36.4 Å². The summed E-state index contributed by atoms with van der Waals surface area (Å²) in [5.74, 6) is -3.66. The second-order valence-corrected chi connectivity index (χ2v) is 10.7. The van der Waals surface area contributed by atoms with Crippen molar-refractivity contribution in [3.8, 4) is 0 Å². The third-order valence-electron chi connectivity index (χ3n) is 7.12. The number of hydrogen-bond donors (Lipinski definition) is 3. The molecule has 0 unspecified atom stereocenters. The molecule has 0 saturated carbocycles. The Hall–Kier alpha value is -4.18. The Kier molecular flexibility index (Phi) is 12.3. The largest absolute Gasteiger partial charge is 0.347 e. The number of halogens is 3. The van der Waals surface area contributed by atoms with Gasteiger partial charge in [0.1, 0.15) is 17.5 Å². The van der Waals surface area contributed by atoms with Gasteiger partial charge in [-0.1, -0.05) is 32.9 Å². The highest BCUT2D eigenvalue weighted by molar-refractivity contribution is 6.00. The van der Waals surface area contributed by atoms with E-state index >= 15 is 0 Å². The molecule has 3 aromatic rings. The zero-order valence-electron chi connectivity index (χ0n) is 24.7. The Balaban J connectivity index is 1.80. The molecule has 0 heterocycles. The molecule has 3 amide bonds. The lowest BCUT2D eigenvalue weighted by Crippen LogP contribution is -2.50. The van der Waals surface area contributed by atoms with Gasteiger partial charge in [-0.2, -0.15) is 0 Å². The Labute approximate surface area is 250 Å². The highest BCUT2D eigenvalue weighted by atomic mass is 19.1. The molecule has 4 N–H and O–H groups in total. The SMILES string of the molecule is CCCN(CCC)C(=O)c1cccc(C(=O)N[C@@H](Cc2ccc(F)cc2F)[C@@H](N)C[C@@H](C)C(=O)Nc2ccc(F)cc2)c1. The minimum atomic E-state index is -0.843. The molecule has 7 nitrogen and oxygen atoms in total. The topological polar surface area (TPSA) is 105 Å². The van der Waals surface area contributed by atoms with Gasteiger partial charge < -0.3 is 21.3 Å². The van der Waals surface area contributed by atoms with Crippen LogP contribution in [0.2, 0.25) is 0 Å². The second-order valence-electron chi connectivity index (χ2n) is 10.7. The average Bonchev–Trinajstić information content (AvgIpc) is 2.98. The molecule has 43 heavy (non-hydrogen) atoms. The zero-order chi connectivity index (χ0) is 31.5. The molecule has 0 radical (unpaired) electrons. The van der Waals surface area contributed by atoms with E-state index in [0.29, 0.717) is 24.3 Å². The van der Waals surface area contributed by atoms with Crippen LogP contribution in [0, 0.1) is 23.4 Å². The molecular weight excluding hydrogens is 557 g/mol. The first-order valence-corrected chi connectivity index (χ1v) is 14.5. The van der Waals surface area contributed by atoms with E-state index in [1.54, 1.807) is 30.0 Å². The first kappa shape index (κ1) is 33.3. The van der Waals surface area contributed by atoms with E-state index < -0.39 is 41.4 Å². The molecule has 3 atom stereocenters. The van der Waals surface area contributed by atoms with Gasteiger partial charge in [-0.3, -0.25) is 14.4 Å². The molecule has 3 rings (SSSR count). The fraction of sp³-hybridized carbons (Fsp3) is 0.364. The van der Waals surface area contributed by atoms with Crippen LogP contribution in [-0.2, 0) is 11.2 Å². The number of anilines is 1. The first-order valence-electron chi connectivity index (χ1n) is 14.5. The number of hydrogen-bond acceptors (Lipinski definition) is 4. The van der Waals surface area contributed by atoms with Crippen molar-refractivity contribution in [2.75, 3.05) is 18.4 Å². The number of rotatable bonds is 14. The Morgan fingerprint density at radius 2 is 1.49 bits per heavy atom. The van der Waals surface area contributed by atoms with Gasteiger partial charge >= 0.3 is 0 Å². The van der Waals surface area contributed by atoms with Crippen LogP contribution in [0.25, 0.3) is 0 Å². The van der Waals surface area contributed by atoms with Crippen LogP contribution in [-0.4, -0.2) is 47.8 Å². The summed E-state index contributed by atoms with van der Waals surface area (Å²) in [5, 5.41) is 5.55. The molecule has 0 aromatic heterocycles. The van der Waals surface area contributed by atoms with Crippen LogP contribution in [0.4, 0.5) is 18.9 Å². The highest BCUT2D eigenvalue weighted by Crippen LogP contribution is 2.19. The summed E-state index contributed by atoms with van der Waals surface area (Å²) in [6, 6.07) is 13.2. The fourth-order valence-corrected chi connectivity index (χ4v) is 4.79. The maximum absolute atomic E-state index is 14.6. The highest BCUT2D eigenvalue weighted by Gasteiger charge is 2.27. The Morgan fingerprint density at radius 3 is 2.12 bits per heavy atom. The molecule has 10 heteroatoms. The third-order valence-corrected chi connectivity index (χ3v) is 7.12. The molecule has 0 bridgehead atoms. The van der Waals surface area contributed by atoms with Crippen LogP contribution >= 0.6 is 0 Å². The maximum atomic E-state index is 14.6. The molecular formula is C33H39F3N4O3. The van der Waals surface area contributed by atoms with Gasteiger partial charge in [0.25, 0.3) is 11.8 Å². The van der Waals surface area contributed by atoms with Crippen LogP contribution in [0.3, 0.4) is 0 Å². The minimum Gasteiger partial charge on any atom is -0.347 e. The van der Waals surface area contributed by atoms with Gasteiger partial charge in [-0.05, 0) is 79.8 Å². The van der Waals surface area contributed by atoms with Gasteiger partial charge in [0.15, 0.2) is 0 Å². The van der Waals surface area contributed by atoms with Crippen molar-refractivity contribution in [2.45, 2.75) is 58.5 Å². The van der Waals surface area contributed by atoms with Crippen molar-refractivity contribution < 1.29 is 27.6 Å². The fourth-order valence-electron chi connectivity index (χ4n) is 4.79. The molecule has 0 saturated heterocycles. The Bertz CT molecular complexity index is 1390. The lowest BCUT2D eigenvalue weighted by molar-refractivity contribution is -0.119. The van der Waals surface area contributed by atoms with E-state index in [9.17, 15) is 27.6 Å². The average molecular weight is 597 g/mol. The number of nitrogens with two attached hydrogens (primary N) is 1. The van der Waals surface area contributed by atoms with Gasteiger partial charge in [-0.25, -0.2) is 13.2 Å². The first-order chi connectivity index (χ1) is 20.5. The third kappa shape index (κ3) is 9.68. The van der Waals surface area contributed by atoms with Crippen LogP contribution in [0.5, 0.6) is 0 Å². The van der Waals surface area contributed by atoms with Crippen LogP contribution in [0.1, 0.15) is 66.3 Å². The lowest BCUT2D eigenvalue weighted by Gasteiger charge is -2.27. The summed E-state index contributed by atoms with van der Waals surface area (Å²) >= 11 is 0. The number of carbonyl (C=O) groups excluding carboxylic acids is 3. The van der Waals surface area contributed by atoms with Crippen molar-refractivity contribution in [2.24, 2.45) is 11.7 Å². The summed E-state index contributed by atoms with van der Waals surface area (Å²) in [6.45, 7) is 6.82. The quantitative estimate of drug-likeness (QED) is 0.222. The zero-order valence-corrected chi connectivity index (χ0v) is 24.7. The van der Waals surface area contributed by atoms with Crippen molar-refractivity contribution in [3.63, 3.8) is 0 Å². The van der Waals surface area contributed by atoms with Gasteiger partial charge in [0.05, 0.1) is 0 Å². The summed E-state index contributed by atoms with van der Waals surface area (Å²) in [7, 11) is 0. The van der Waals surface area contributed by atoms with Crippen molar-refractivity contribution >= 4 is 23.4 Å². The predicted octanol–water partition coefficient (Wildman–Crippen LogP) is 5.70. The minimum absolute atomic E-state index is 0.0648. The van der Waals surface area contributed by atoms with E-state index in [0.717, 1.165) is 25.0 Å². The maximum Gasteiger partial charge on any atom is 0.253 e. The molecule has 0 aliphatic heterocycles. The van der Waals surface area contributed by atoms with Gasteiger partial charge in [-0.15, -0.1) is 0 Å². The summed E-state index contributed by atoms with van der Waals surface area (Å²) in [5.41, 5.74) is 7.65. The molecule has 3 aromatic carbocycles. The molecule has 0 aliphatic carbocycles. The number of benzene rings is 3. The summed E-state index contributed by atoms with van der Waals surface area (Å²) < 4.78 is 41.4. The lowest BCUT2D eigenvalue weighted by atomic mass is 9.91. The molecule has 0 spiro atoms. The van der Waals surface area contributed by atoms with Crippen molar-refractivity contribution in [1.29, 1.82) is 0 Å². The second kappa shape index (κ2) is 15.9. The van der Waals surface area contributed by atoms with Gasteiger partial charge in [0.2, 0.25) is 5.91 Å². The number of nitrogens with zero attached hydrogens (tertiary/aromatic N) is 1. The predicted molar refractivity (Wildman–Crippen MR) is 161 cm³/mol. The number of carbonyl (C=O) groups is 3. The van der Waals surface area contributed by atoms with Crippen LogP contribution < -0.4 is 16.4 Å². The molecule has 230 valence electrons.